The Morgan fingerprint density at radius 1 is 1.54 bits per heavy atom. The molecule has 0 saturated carbocycles. The van der Waals surface area contributed by atoms with Gasteiger partial charge in [-0.2, -0.15) is 12.6 Å². The third kappa shape index (κ3) is 2.25. The lowest BCUT2D eigenvalue weighted by Gasteiger charge is -2.03. The Hall–Kier alpha value is -0.960. The minimum Gasteiger partial charge on any atom is -0.398 e. The largest absolute Gasteiger partial charge is 0.398 e. The maximum Gasteiger partial charge on any atom is 0.135 e. The van der Waals surface area contributed by atoms with E-state index >= 15 is 0 Å². The summed E-state index contributed by atoms with van der Waals surface area (Å²) in [5, 5.41) is 0. The summed E-state index contributed by atoms with van der Waals surface area (Å²) in [6, 6.07) is 3.37. The van der Waals surface area contributed by atoms with E-state index in [1.807, 2.05) is 0 Å². The molecule has 0 spiro atoms. The standard InChI is InChI=1S/C10H12FNS/c1-7-9(12)5-4-8(10(7)11)3-2-6-13/h2-5,13H,6,12H2,1H3. The number of rotatable bonds is 2. The molecule has 0 unspecified atom stereocenters. The number of hydrogen-bond donors (Lipinski definition) is 2. The Morgan fingerprint density at radius 2 is 2.23 bits per heavy atom. The highest BCUT2D eigenvalue weighted by Crippen LogP contribution is 2.19. The van der Waals surface area contributed by atoms with Crippen molar-refractivity contribution in [3.8, 4) is 0 Å². The molecule has 0 aliphatic rings. The summed E-state index contributed by atoms with van der Waals surface area (Å²) in [6.45, 7) is 1.67. The summed E-state index contributed by atoms with van der Waals surface area (Å²) < 4.78 is 13.4. The minimum atomic E-state index is -0.252. The van der Waals surface area contributed by atoms with Gasteiger partial charge >= 0.3 is 0 Å². The molecule has 0 heterocycles. The summed E-state index contributed by atoms with van der Waals surface area (Å²) in [7, 11) is 0. The van der Waals surface area contributed by atoms with Crippen LogP contribution in [-0.2, 0) is 0 Å². The van der Waals surface area contributed by atoms with E-state index in [-0.39, 0.29) is 5.82 Å². The van der Waals surface area contributed by atoms with Gasteiger partial charge in [0.25, 0.3) is 0 Å². The molecule has 0 amide bonds. The van der Waals surface area contributed by atoms with Gasteiger partial charge in [0.05, 0.1) is 0 Å². The summed E-state index contributed by atoms with van der Waals surface area (Å²) in [5.41, 5.74) is 7.08. The molecule has 0 radical (unpaired) electrons. The van der Waals surface area contributed by atoms with Gasteiger partial charge < -0.3 is 5.73 Å². The smallest absolute Gasteiger partial charge is 0.135 e. The topological polar surface area (TPSA) is 26.0 Å². The van der Waals surface area contributed by atoms with Crippen LogP contribution in [0.2, 0.25) is 0 Å². The van der Waals surface area contributed by atoms with Crippen LogP contribution in [0.3, 0.4) is 0 Å². The van der Waals surface area contributed by atoms with Gasteiger partial charge in [-0.1, -0.05) is 12.2 Å². The van der Waals surface area contributed by atoms with Gasteiger partial charge in [0, 0.05) is 22.6 Å². The zero-order chi connectivity index (χ0) is 9.84. The Balaban J connectivity index is 3.11. The average Bonchev–Trinajstić information content (AvgIpc) is 2.13. The van der Waals surface area contributed by atoms with Crippen molar-refractivity contribution in [2.75, 3.05) is 11.5 Å². The van der Waals surface area contributed by atoms with Crippen molar-refractivity contribution in [3.63, 3.8) is 0 Å². The van der Waals surface area contributed by atoms with Crippen molar-refractivity contribution in [3.05, 3.63) is 35.2 Å². The highest BCUT2D eigenvalue weighted by Gasteiger charge is 2.04. The van der Waals surface area contributed by atoms with Gasteiger partial charge in [-0.3, -0.25) is 0 Å². The third-order valence-corrected chi connectivity index (χ3v) is 2.07. The summed E-state index contributed by atoms with van der Waals surface area (Å²) in [6.07, 6.45) is 3.49. The normalized spacial score (nSPS) is 11.0. The van der Waals surface area contributed by atoms with Crippen LogP contribution >= 0.6 is 12.6 Å². The van der Waals surface area contributed by atoms with E-state index in [0.717, 1.165) is 0 Å². The summed E-state index contributed by atoms with van der Waals surface area (Å²) in [5.74, 6) is 0.348. The van der Waals surface area contributed by atoms with Gasteiger partial charge in [-0.25, -0.2) is 4.39 Å². The van der Waals surface area contributed by atoms with E-state index in [9.17, 15) is 4.39 Å². The van der Waals surface area contributed by atoms with E-state index in [2.05, 4.69) is 12.6 Å². The number of anilines is 1. The van der Waals surface area contributed by atoms with Crippen LogP contribution in [0.4, 0.5) is 10.1 Å². The lowest BCUT2D eigenvalue weighted by Crippen LogP contribution is -1.94. The lowest BCUT2D eigenvalue weighted by molar-refractivity contribution is 0.616. The minimum absolute atomic E-state index is 0.252. The lowest BCUT2D eigenvalue weighted by atomic mass is 10.1. The van der Waals surface area contributed by atoms with Crippen LogP contribution in [0.25, 0.3) is 6.08 Å². The Bertz CT molecular complexity index is 334. The van der Waals surface area contributed by atoms with Crippen molar-refractivity contribution in [1.29, 1.82) is 0 Å². The molecule has 0 aromatic heterocycles. The van der Waals surface area contributed by atoms with Crippen molar-refractivity contribution in [2.24, 2.45) is 0 Å². The van der Waals surface area contributed by atoms with E-state index < -0.39 is 0 Å². The number of nitrogen functional groups attached to an aromatic ring is 1. The van der Waals surface area contributed by atoms with Crippen LogP contribution in [-0.4, -0.2) is 5.75 Å². The Morgan fingerprint density at radius 3 is 2.85 bits per heavy atom. The fourth-order valence-electron chi connectivity index (χ4n) is 1.03. The molecule has 2 N–H and O–H groups in total. The molecule has 1 rings (SSSR count). The van der Waals surface area contributed by atoms with Crippen molar-refractivity contribution in [1.82, 2.24) is 0 Å². The second-order valence-corrected chi connectivity index (χ2v) is 3.13. The second-order valence-electron chi connectivity index (χ2n) is 2.77. The molecule has 0 saturated heterocycles. The van der Waals surface area contributed by atoms with Crippen molar-refractivity contribution >= 4 is 24.4 Å². The molecule has 3 heteroatoms. The van der Waals surface area contributed by atoms with Crippen LogP contribution in [0, 0.1) is 12.7 Å². The number of halogens is 1. The van der Waals surface area contributed by atoms with Crippen LogP contribution in [0.15, 0.2) is 18.2 Å². The zero-order valence-electron chi connectivity index (χ0n) is 7.42. The first-order valence-corrected chi connectivity index (χ1v) is 4.62. The first-order chi connectivity index (χ1) is 6.16. The maximum absolute atomic E-state index is 13.4. The van der Waals surface area contributed by atoms with Crippen LogP contribution < -0.4 is 5.73 Å². The summed E-state index contributed by atoms with van der Waals surface area (Å²) >= 11 is 4.00. The van der Waals surface area contributed by atoms with Gasteiger partial charge in [0.15, 0.2) is 0 Å². The van der Waals surface area contributed by atoms with Crippen LogP contribution in [0.5, 0.6) is 0 Å². The average molecular weight is 197 g/mol. The molecule has 0 aliphatic heterocycles. The molecule has 1 aromatic rings. The molecule has 0 atom stereocenters. The fraction of sp³-hybridized carbons (Fsp3) is 0.200. The van der Waals surface area contributed by atoms with Gasteiger partial charge in [0.2, 0.25) is 0 Å². The molecule has 13 heavy (non-hydrogen) atoms. The first kappa shape index (κ1) is 10.1. The number of nitrogens with two attached hydrogens (primary N) is 1. The van der Waals surface area contributed by atoms with Gasteiger partial charge in [-0.15, -0.1) is 0 Å². The SMILES string of the molecule is Cc1c(N)ccc(C=CCS)c1F. The van der Waals surface area contributed by atoms with Crippen molar-refractivity contribution in [2.45, 2.75) is 6.92 Å². The second kappa shape index (κ2) is 4.33. The number of thiol groups is 1. The Kier molecular flexibility index (Phi) is 3.37. The molecule has 0 bridgehead atoms. The number of hydrogen-bond acceptors (Lipinski definition) is 2. The van der Waals surface area contributed by atoms with E-state index in [1.54, 1.807) is 31.2 Å². The van der Waals surface area contributed by atoms with Gasteiger partial charge in [-0.05, 0) is 19.1 Å². The molecule has 0 aliphatic carbocycles. The zero-order valence-corrected chi connectivity index (χ0v) is 8.31. The highest BCUT2D eigenvalue weighted by molar-refractivity contribution is 7.80. The number of benzene rings is 1. The fourth-order valence-corrected chi connectivity index (χ4v) is 1.13. The maximum atomic E-state index is 13.4. The highest BCUT2D eigenvalue weighted by atomic mass is 32.1. The molecule has 0 fully saturated rings. The molecular formula is C10H12FNS. The van der Waals surface area contributed by atoms with E-state index in [0.29, 0.717) is 22.6 Å². The van der Waals surface area contributed by atoms with Crippen molar-refractivity contribution < 1.29 is 4.39 Å². The predicted octanol–water partition coefficient (Wildman–Crippen LogP) is 2.66. The Labute approximate surface area is 82.9 Å². The van der Waals surface area contributed by atoms with E-state index in [1.165, 1.54) is 0 Å². The van der Waals surface area contributed by atoms with Gasteiger partial charge in [0.1, 0.15) is 5.82 Å². The predicted molar refractivity (Wildman–Crippen MR) is 58.4 cm³/mol. The molecule has 1 nitrogen and oxygen atoms in total. The van der Waals surface area contributed by atoms with Crippen LogP contribution in [0.1, 0.15) is 11.1 Å². The first-order valence-electron chi connectivity index (χ1n) is 3.98. The summed E-state index contributed by atoms with van der Waals surface area (Å²) in [4.78, 5) is 0. The quantitative estimate of drug-likeness (QED) is 0.553. The molecular weight excluding hydrogens is 185 g/mol. The van der Waals surface area contributed by atoms with E-state index in [4.69, 9.17) is 5.73 Å². The monoisotopic (exact) mass is 197 g/mol. The third-order valence-electron chi connectivity index (χ3n) is 1.86. The molecule has 1 aromatic carbocycles. The molecule has 70 valence electrons.